The fourth-order valence-electron chi connectivity index (χ4n) is 2.19. The van der Waals surface area contributed by atoms with Crippen molar-refractivity contribution in [2.45, 2.75) is 37.0 Å². The van der Waals surface area contributed by atoms with E-state index >= 15 is 0 Å². The summed E-state index contributed by atoms with van der Waals surface area (Å²) in [7, 11) is 0. The van der Waals surface area contributed by atoms with Crippen molar-refractivity contribution in [1.29, 1.82) is 5.26 Å². The highest BCUT2D eigenvalue weighted by Gasteiger charge is 2.24. The third kappa shape index (κ3) is 3.10. The van der Waals surface area contributed by atoms with Gasteiger partial charge in [-0.25, -0.2) is 9.97 Å². The highest BCUT2D eigenvalue weighted by atomic mass is 32.2. The van der Waals surface area contributed by atoms with Crippen LogP contribution in [0.5, 0.6) is 0 Å². The van der Waals surface area contributed by atoms with E-state index in [1.807, 2.05) is 17.8 Å². The summed E-state index contributed by atoms with van der Waals surface area (Å²) in [5.41, 5.74) is 0.362. The molecule has 2 rings (SSSR count). The van der Waals surface area contributed by atoms with Gasteiger partial charge in [-0.1, -0.05) is 12.8 Å². The molecule has 1 aliphatic carbocycles. The lowest BCUT2D eigenvalue weighted by atomic mass is 9.95. The number of hydrogen-bond acceptors (Lipinski definition) is 5. The number of rotatable bonds is 3. The molecule has 0 amide bonds. The molecule has 2 unspecified atom stereocenters. The quantitative estimate of drug-likeness (QED) is 0.890. The van der Waals surface area contributed by atoms with E-state index in [2.05, 4.69) is 21.5 Å². The Morgan fingerprint density at radius 2 is 2.18 bits per heavy atom. The van der Waals surface area contributed by atoms with Gasteiger partial charge in [0.25, 0.3) is 0 Å². The Morgan fingerprint density at radius 3 is 2.82 bits per heavy atom. The maximum Gasteiger partial charge on any atom is 0.158 e. The monoisotopic (exact) mass is 248 g/mol. The highest BCUT2D eigenvalue weighted by molar-refractivity contribution is 7.99. The molecule has 0 saturated heterocycles. The van der Waals surface area contributed by atoms with E-state index in [9.17, 15) is 0 Å². The van der Waals surface area contributed by atoms with Gasteiger partial charge in [-0.05, 0) is 19.1 Å². The summed E-state index contributed by atoms with van der Waals surface area (Å²) in [6.07, 6.45) is 10.4. The maximum atomic E-state index is 8.65. The molecule has 1 saturated carbocycles. The lowest BCUT2D eigenvalue weighted by molar-refractivity contribution is 0.474. The predicted molar refractivity (Wildman–Crippen MR) is 69.9 cm³/mol. The van der Waals surface area contributed by atoms with Crippen molar-refractivity contribution in [3.8, 4) is 6.07 Å². The number of nitrogens with one attached hydrogen (secondary N) is 1. The molecule has 5 heteroatoms. The molecule has 1 aromatic heterocycles. The van der Waals surface area contributed by atoms with Gasteiger partial charge in [-0.2, -0.15) is 17.0 Å². The minimum absolute atomic E-state index is 0.362. The first-order valence-corrected chi connectivity index (χ1v) is 7.13. The summed E-state index contributed by atoms with van der Waals surface area (Å²) in [5.74, 6) is 0.773. The molecule has 1 N–H and O–H groups in total. The molecular weight excluding hydrogens is 232 g/mol. The Bertz CT molecular complexity index is 398. The molecule has 1 heterocycles. The van der Waals surface area contributed by atoms with Crippen LogP contribution in [0.3, 0.4) is 0 Å². The summed E-state index contributed by atoms with van der Waals surface area (Å²) in [6.45, 7) is 0. The standard InChI is InChI=1S/C12H16N4S/c1-17-11-5-3-2-4-10(11)16-12-8-14-9(6-13)7-15-12/h7-8,10-11H,2-5H2,1H3,(H,15,16). The Hall–Kier alpha value is -1.28. The first-order chi connectivity index (χ1) is 8.33. The van der Waals surface area contributed by atoms with Crippen LogP contribution in [-0.4, -0.2) is 27.5 Å². The topological polar surface area (TPSA) is 61.6 Å². The van der Waals surface area contributed by atoms with E-state index in [0.717, 1.165) is 5.82 Å². The van der Waals surface area contributed by atoms with Crippen molar-refractivity contribution >= 4 is 17.6 Å². The van der Waals surface area contributed by atoms with E-state index in [1.54, 1.807) is 6.20 Å². The lowest BCUT2D eigenvalue weighted by Crippen LogP contribution is -2.34. The molecular formula is C12H16N4S. The van der Waals surface area contributed by atoms with E-state index in [0.29, 0.717) is 17.0 Å². The van der Waals surface area contributed by atoms with Crippen LogP contribution < -0.4 is 5.32 Å². The van der Waals surface area contributed by atoms with Crippen LogP contribution >= 0.6 is 11.8 Å². The largest absolute Gasteiger partial charge is 0.365 e. The van der Waals surface area contributed by atoms with Crippen LogP contribution in [0.15, 0.2) is 12.4 Å². The third-order valence-corrected chi connectivity index (χ3v) is 4.27. The molecule has 4 nitrogen and oxygen atoms in total. The van der Waals surface area contributed by atoms with Gasteiger partial charge in [0, 0.05) is 11.3 Å². The first kappa shape index (κ1) is 12.2. The van der Waals surface area contributed by atoms with Crippen molar-refractivity contribution in [2.24, 2.45) is 0 Å². The lowest BCUT2D eigenvalue weighted by Gasteiger charge is -2.31. The molecule has 1 fully saturated rings. The third-order valence-electron chi connectivity index (χ3n) is 3.10. The van der Waals surface area contributed by atoms with Gasteiger partial charge >= 0.3 is 0 Å². The van der Waals surface area contributed by atoms with E-state index < -0.39 is 0 Å². The Morgan fingerprint density at radius 1 is 1.35 bits per heavy atom. The molecule has 90 valence electrons. The van der Waals surface area contributed by atoms with Crippen LogP contribution in [-0.2, 0) is 0 Å². The van der Waals surface area contributed by atoms with E-state index in [-0.39, 0.29) is 0 Å². The Balaban J connectivity index is 2.01. The van der Waals surface area contributed by atoms with Crippen molar-refractivity contribution in [2.75, 3.05) is 11.6 Å². The summed E-state index contributed by atoms with van der Waals surface area (Å²) < 4.78 is 0. The van der Waals surface area contributed by atoms with E-state index in [1.165, 1.54) is 31.9 Å². The van der Waals surface area contributed by atoms with Gasteiger partial charge in [0.1, 0.15) is 11.9 Å². The second kappa shape index (κ2) is 5.87. The van der Waals surface area contributed by atoms with Gasteiger partial charge in [-0.3, -0.25) is 0 Å². The van der Waals surface area contributed by atoms with Gasteiger partial charge in [0.05, 0.1) is 12.4 Å². The minimum Gasteiger partial charge on any atom is -0.365 e. The molecule has 0 aliphatic heterocycles. The predicted octanol–water partition coefficient (Wildman–Crippen LogP) is 2.43. The zero-order valence-electron chi connectivity index (χ0n) is 9.89. The van der Waals surface area contributed by atoms with E-state index in [4.69, 9.17) is 5.26 Å². The SMILES string of the molecule is CSC1CCCCC1Nc1cnc(C#N)cn1. The second-order valence-corrected chi connectivity index (χ2v) is 5.29. The number of nitrogens with zero attached hydrogens (tertiary/aromatic N) is 3. The summed E-state index contributed by atoms with van der Waals surface area (Å²) in [4.78, 5) is 8.23. The van der Waals surface area contributed by atoms with Crippen LogP contribution in [0.2, 0.25) is 0 Å². The molecule has 2 atom stereocenters. The van der Waals surface area contributed by atoms with Crippen LogP contribution in [0, 0.1) is 11.3 Å². The molecule has 0 spiro atoms. The zero-order valence-corrected chi connectivity index (χ0v) is 10.7. The summed E-state index contributed by atoms with van der Waals surface area (Å²) in [6, 6.07) is 2.45. The minimum atomic E-state index is 0.362. The van der Waals surface area contributed by atoms with Gasteiger partial charge < -0.3 is 5.32 Å². The first-order valence-electron chi connectivity index (χ1n) is 5.85. The molecule has 17 heavy (non-hydrogen) atoms. The van der Waals surface area contributed by atoms with Gasteiger partial charge in [0.15, 0.2) is 5.69 Å². The van der Waals surface area contributed by atoms with Gasteiger partial charge in [0.2, 0.25) is 0 Å². The Labute approximate surface area is 106 Å². The van der Waals surface area contributed by atoms with Crippen molar-refractivity contribution in [3.05, 3.63) is 18.1 Å². The fourth-order valence-corrected chi connectivity index (χ4v) is 3.13. The van der Waals surface area contributed by atoms with Crippen molar-refractivity contribution in [3.63, 3.8) is 0 Å². The molecule has 1 aromatic rings. The second-order valence-electron chi connectivity index (χ2n) is 4.21. The average Bonchev–Trinajstić information content (AvgIpc) is 2.40. The molecule has 1 aliphatic rings. The normalized spacial score (nSPS) is 24.0. The summed E-state index contributed by atoms with van der Waals surface area (Å²) >= 11 is 1.92. The maximum absolute atomic E-state index is 8.65. The number of thioether (sulfide) groups is 1. The molecule has 0 radical (unpaired) electrons. The molecule has 0 bridgehead atoms. The number of nitriles is 1. The van der Waals surface area contributed by atoms with Crippen LogP contribution in [0.4, 0.5) is 5.82 Å². The smallest absolute Gasteiger partial charge is 0.158 e. The van der Waals surface area contributed by atoms with Gasteiger partial charge in [-0.15, -0.1) is 0 Å². The van der Waals surface area contributed by atoms with Crippen LogP contribution in [0.1, 0.15) is 31.4 Å². The highest BCUT2D eigenvalue weighted by Crippen LogP contribution is 2.28. The van der Waals surface area contributed by atoms with Crippen molar-refractivity contribution in [1.82, 2.24) is 9.97 Å². The number of aromatic nitrogens is 2. The average molecular weight is 248 g/mol. The zero-order chi connectivity index (χ0) is 12.1. The molecule has 0 aromatic carbocycles. The number of anilines is 1. The number of hydrogen-bond donors (Lipinski definition) is 1. The Kier molecular flexibility index (Phi) is 4.21. The fraction of sp³-hybridized carbons (Fsp3) is 0.583. The van der Waals surface area contributed by atoms with Crippen molar-refractivity contribution < 1.29 is 0 Å². The van der Waals surface area contributed by atoms with Crippen LogP contribution in [0.25, 0.3) is 0 Å². The summed E-state index contributed by atoms with van der Waals surface area (Å²) in [5, 5.41) is 12.7.